The molecule has 0 bridgehead atoms. The van der Waals surface area contributed by atoms with E-state index in [1.54, 1.807) is 29.2 Å². The van der Waals surface area contributed by atoms with Gasteiger partial charge in [-0.2, -0.15) is 0 Å². The Morgan fingerprint density at radius 3 is 2.50 bits per heavy atom. The summed E-state index contributed by atoms with van der Waals surface area (Å²) in [6, 6.07) is 7.09. The summed E-state index contributed by atoms with van der Waals surface area (Å²) >= 11 is 0. The van der Waals surface area contributed by atoms with Crippen LogP contribution in [0.4, 0.5) is 11.4 Å². The number of hydrogen-bond acceptors (Lipinski definition) is 4. The van der Waals surface area contributed by atoms with Crippen LogP contribution in [-0.4, -0.2) is 32.4 Å². The molecule has 0 aromatic heterocycles. The minimum absolute atomic E-state index is 0.0268. The third-order valence-corrected chi connectivity index (χ3v) is 5.27. The highest BCUT2D eigenvalue weighted by molar-refractivity contribution is 7.91. The van der Waals surface area contributed by atoms with Crippen LogP contribution in [0, 0.1) is 5.92 Å². The summed E-state index contributed by atoms with van der Waals surface area (Å²) in [6.07, 6.45) is 1.24. The second-order valence-corrected chi connectivity index (χ2v) is 7.41. The molecule has 1 heterocycles. The van der Waals surface area contributed by atoms with Crippen LogP contribution in [0.1, 0.15) is 19.8 Å². The Hall–Kier alpha value is -1.56. The van der Waals surface area contributed by atoms with Crippen molar-refractivity contribution in [3.8, 4) is 0 Å². The second kappa shape index (κ2) is 5.83. The van der Waals surface area contributed by atoms with Gasteiger partial charge in [-0.3, -0.25) is 4.79 Å². The molecule has 0 saturated carbocycles. The highest BCUT2D eigenvalue weighted by atomic mass is 32.2. The minimum atomic E-state index is -3.05. The Labute approximate surface area is 119 Å². The molecule has 20 heavy (non-hydrogen) atoms. The van der Waals surface area contributed by atoms with Gasteiger partial charge in [-0.05, 0) is 37.1 Å². The van der Waals surface area contributed by atoms with E-state index in [0.29, 0.717) is 18.7 Å². The van der Waals surface area contributed by atoms with Gasteiger partial charge in [-0.25, -0.2) is 8.42 Å². The SMILES string of the molecule is CCCN(C(=O)C1CCS(=O)(=O)C1)c1ccc(N)cc1. The van der Waals surface area contributed by atoms with Crippen LogP contribution in [0.3, 0.4) is 0 Å². The molecule has 1 amide bonds. The van der Waals surface area contributed by atoms with Gasteiger partial charge in [0.15, 0.2) is 9.84 Å². The highest BCUT2D eigenvalue weighted by Crippen LogP contribution is 2.25. The van der Waals surface area contributed by atoms with E-state index in [9.17, 15) is 13.2 Å². The van der Waals surface area contributed by atoms with Crippen LogP contribution >= 0.6 is 0 Å². The van der Waals surface area contributed by atoms with Crippen molar-refractivity contribution in [2.45, 2.75) is 19.8 Å². The minimum Gasteiger partial charge on any atom is -0.399 e. The topological polar surface area (TPSA) is 80.5 Å². The van der Waals surface area contributed by atoms with E-state index in [1.807, 2.05) is 6.92 Å². The van der Waals surface area contributed by atoms with Crippen LogP contribution in [0.25, 0.3) is 0 Å². The lowest BCUT2D eigenvalue weighted by atomic mass is 10.1. The van der Waals surface area contributed by atoms with E-state index in [1.165, 1.54) is 0 Å². The number of carbonyl (C=O) groups excluding carboxylic acids is 1. The van der Waals surface area contributed by atoms with Crippen LogP contribution in [0.5, 0.6) is 0 Å². The molecule has 6 heteroatoms. The van der Waals surface area contributed by atoms with Crippen molar-refractivity contribution >= 4 is 27.1 Å². The largest absolute Gasteiger partial charge is 0.399 e. The molecular weight excluding hydrogens is 276 g/mol. The van der Waals surface area contributed by atoms with Gasteiger partial charge in [0.05, 0.1) is 17.4 Å². The molecule has 5 nitrogen and oxygen atoms in total. The summed E-state index contributed by atoms with van der Waals surface area (Å²) in [5, 5.41) is 0. The predicted molar refractivity (Wildman–Crippen MR) is 80.3 cm³/mol. The molecular formula is C14H20N2O3S. The van der Waals surface area contributed by atoms with Gasteiger partial charge in [0.2, 0.25) is 5.91 Å². The zero-order valence-electron chi connectivity index (χ0n) is 11.6. The molecule has 1 fully saturated rings. The molecule has 1 atom stereocenters. The Morgan fingerprint density at radius 1 is 1.35 bits per heavy atom. The maximum atomic E-state index is 12.5. The van der Waals surface area contributed by atoms with Crippen molar-refractivity contribution in [2.24, 2.45) is 5.92 Å². The molecule has 2 rings (SSSR count). The summed E-state index contributed by atoms with van der Waals surface area (Å²) in [7, 11) is -3.05. The Balaban J connectivity index is 2.20. The van der Waals surface area contributed by atoms with E-state index in [2.05, 4.69) is 0 Å². The lowest BCUT2D eigenvalue weighted by Crippen LogP contribution is -2.37. The fourth-order valence-electron chi connectivity index (χ4n) is 2.45. The number of carbonyl (C=O) groups is 1. The molecule has 0 radical (unpaired) electrons. The summed E-state index contributed by atoms with van der Waals surface area (Å²) in [6.45, 7) is 2.57. The Bertz CT molecular complexity index is 581. The zero-order chi connectivity index (χ0) is 14.8. The molecule has 1 aromatic carbocycles. The van der Waals surface area contributed by atoms with Crippen molar-refractivity contribution < 1.29 is 13.2 Å². The highest BCUT2D eigenvalue weighted by Gasteiger charge is 2.35. The summed E-state index contributed by atoms with van der Waals surface area (Å²) < 4.78 is 23.0. The Kier molecular flexibility index (Phi) is 4.32. The van der Waals surface area contributed by atoms with Crippen LogP contribution in [0.15, 0.2) is 24.3 Å². The number of rotatable bonds is 4. The van der Waals surface area contributed by atoms with E-state index in [4.69, 9.17) is 5.73 Å². The first-order valence-corrected chi connectivity index (χ1v) is 8.62. The Morgan fingerprint density at radius 2 is 2.00 bits per heavy atom. The third-order valence-electron chi connectivity index (χ3n) is 3.50. The number of nitrogen functional groups attached to an aromatic ring is 1. The first-order chi connectivity index (χ1) is 9.43. The molecule has 1 aromatic rings. The fraction of sp³-hybridized carbons (Fsp3) is 0.500. The second-order valence-electron chi connectivity index (χ2n) is 5.18. The molecule has 0 spiro atoms. The number of anilines is 2. The maximum Gasteiger partial charge on any atom is 0.231 e. The number of amides is 1. The number of sulfone groups is 1. The smallest absolute Gasteiger partial charge is 0.231 e. The van der Waals surface area contributed by atoms with Crippen LogP contribution < -0.4 is 10.6 Å². The van der Waals surface area contributed by atoms with Gasteiger partial charge in [-0.1, -0.05) is 6.92 Å². The number of nitrogens with zero attached hydrogens (tertiary/aromatic N) is 1. The monoisotopic (exact) mass is 296 g/mol. The van der Waals surface area contributed by atoms with E-state index >= 15 is 0 Å². The van der Waals surface area contributed by atoms with E-state index in [-0.39, 0.29) is 17.4 Å². The van der Waals surface area contributed by atoms with Crippen LogP contribution in [-0.2, 0) is 14.6 Å². The lowest BCUT2D eigenvalue weighted by Gasteiger charge is -2.25. The molecule has 0 aliphatic carbocycles. The lowest BCUT2D eigenvalue weighted by molar-refractivity contribution is -0.121. The molecule has 1 saturated heterocycles. The number of nitrogens with two attached hydrogens (primary N) is 1. The number of hydrogen-bond donors (Lipinski definition) is 1. The number of benzene rings is 1. The average molecular weight is 296 g/mol. The molecule has 1 aliphatic heterocycles. The quantitative estimate of drug-likeness (QED) is 0.853. The predicted octanol–water partition coefficient (Wildman–Crippen LogP) is 1.45. The van der Waals surface area contributed by atoms with Gasteiger partial charge in [0.25, 0.3) is 0 Å². The molecule has 1 unspecified atom stereocenters. The van der Waals surface area contributed by atoms with Crippen molar-refractivity contribution in [1.82, 2.24) is 0 Å². The first-order valence-electron chi connectivity index (χ1n) is 6.80. The third kappa shape index (κ3) is 3.30. The fourth-order valence-corrected chi connectivity index (χ4v) is 4.19. The molecule has 1 aliphatic rings. The van der Waals surface area contributed by atoms with Crippen molar-refractivity contribution in [2.75, 3.05) is 28.7 Å². The van der Waals surface area contributed by atoms with Gasteiger partial charge in [-0.15, -0.1) is 0 Å². The zero-order valence-corrected chi connectivity index (χ0v) is 12.4. The van der Waals surface area contributed by atoms with Gasteiger partial charge in [0.1, 0.15) is 0 Å². The maximum absolute atomic E-state index is 12.5. The standard InChI is InChI=1S/C14H20N2O3S/c1-2-8-16(13-5-3-12(15)4-6-13)14(17)11-7-9-20(18,19)10-11/h3-6,11H,2,7-10,15H2,1H3. The van der Waals surface area contributed by atoms with E-state index < -0.39 is 15.8 Å². The summed E-state index contributed by atoms with van der Waals surface area (Å²) in [5.74, 6) is -0.423. The summed E-state index contributed by atoms with van der Waals surface area (Å²) in [4.78, 5) is 14.2. The first kappa shape index (κ1) is 14.8. The van der Waals surface area contributed by atoms with Crippen LogP contribution in [0.2, 0.25) is 0 Å². The molecule has 2 N–H and O–H groups in total. The van der Waals surface area contributed by atoms with Gasteiger partial charge >= 0.3 is 0 Å². The summed E-state index contributed by atoms with van der Waals surface area (Å²) in [5.41, 5.74) is 7.07. The van der Waals surface area contributed by atoms with Gasteiger partial charge in [0, 0.05) is 17.9 Å². The van der Waals surface area contributed by atoms with Crippen molar-refractivity contribution in [1.29, 1.82) is 0 Å². The van der Waals surface area contributed by atoms with E-state index in [0.717, 1.165) is 12.1 Å². The van der Waals surface area contributed by atoms with Gasteiger partial charge < -0.3 is 10.6 Å². The normalized spacial score (nSPS) is 20.8. The average Bonchev–Trinajstić information content (AvgIpc) is 2.77. The molecule has 110 valence electrons. The van der Waals surface area contributed by atoms with Crippen molar-refractivity contribution in [3.05, 3.63) is 24.3 Å². The van der Waals surface area contributed by atoms with Crippen molar-refractivity contribution in [3.63, 3.8) is 0 Å².